The van der Waals surface area contributed by atoms with Crippen LogP contribution in [-0.2, 0) is 4.79 Å². The third-order valence-electron chi connectivity index (χ3n) is 5.15. The molecule has 0 saturated heterocycles. The Morgan fingerprint density at radius 2 is 1.36 bits per heavy atom. The summed E-state index contributed by atoms with van der Waals surface area (Å²) in [6.07, 6.45) is 14.1. The van der Waals surface area contributed by atoms with Crippen molar-refractivity contribution in [3.8, 4) is 0 Å². The molecule has 0 aliphatic rings. The highest BCUT2D eigenvalue weighted by atomic mass is 16.4. The number of likely N-dealkylation sites (N-methyl/N-ethyl adjacent to an activating group) is 1. The van der Waals surface area contributed by atoms with Gasteiger partial charge < -0.3 is 19.5 Å². The van der Waals surface area contributed by atoms with Gasteiger partial charge in [-0.15, -0.1) is 0 Å². The molecular weight excluding hydrogens is 316 g/mol. The first kappa shape index (κ1) is 24.4. The van der Waals surface area contributed by atoms with Crippen molar-refractivity contribution in [3.05, 3.63) is 0 Å². The third-order valence-corrected chi connectivity index (χ3v) is 5.15. The number of unbranched alkanes of at least 4 members (excludes halogenated alkanes) is 10. The fourth-order valence-corrected chi connectivity index (χ4v) is 3.36. The molecule has 5 heteroatoms. The number of carboxylic acids is 1. The van der Waals surface area contributed by atoms with Crippen LogP contribution in [0.4, 0.5) is 0 Å². The Labute approximate surface area is 155 Å². The van der Waals surface area contributed by atoms with Gasteiger partial charge in [-0.2, -0.15) is 0 Å². The maximum absolute atomic E-state index is 11.7. The predicted octanol–water partition coefficient (Wildman–Crippen LogP) is 2.42. The molecule has 25 heavy (non-hydrogen) atoms. The number of rotatable bonds is 17. The number of nitrogens with one attached hydrogen (secondary N) is 1. The number of carbonyl (C=O) groups excluding carboxylic acids is 1. The van der Waals surface area contributed by atoms with Crippen LogP contribution in [0.1, 0.15) is 84.0 Å². The van der Waals surface area contributed by atoms with Gasteiger partial charge in [-0.3, -0.25) is 5.32 Å². The van der Waals surface area contributed by atoms with Crippen LogP contribution in [0.3, 0.4) is 0 Å². The molecule has 0 saturated carbocycles. The first-order valence-corrected chi connectivity index (χ1v) is 10.2. The topological polar surface area (TPSA) is 72.4 Å². The zero-order valence-electron chi connectivity index (χ0n) is 17.1. The number of quaternary nitrogens is 1. The number of hydrogen-bond donors (Lipinski definition) is 2. The van der Waals surface area contributed by atoms with Gasteiger partial charge in [0.15, 0.2) is 5.66 Å². The largest absolute Gasteiger partial charge is 0.543 e. The van der Waals surface area contributed by atoms with E-state index >= 15 is 0 Å². The quantitative estimate of drug-likeness (QED) is 0.238. The van der Waals surface area contributed by atoms with Gasteiger partial charge in [-0.05, 0) is 6.42 Å². The van der Waals surface area contributed by atoms with Crippen molar-refractivity contribution in [2.24, 2.45) is 0 Å². The highest BCUT2D eigenvalue weighted by Crippen LogP contribution is 2.20. The van der Waals surface area contributed by atoms with E-state index in [1.807, 2.05) is 21.1 Å². The molecule has 1 atom stereocenters. The minimum Gasteiger partial charge on any atom is -0.543 e. The number of nitrogens with zero attached hydrogens (tertiary/aromatic N) is 1. The molecule has 0 heterocycles. The second-order valence-electron chi connectivity index (χ2n) is 8.10. The zero-order valence-corrected chi connectivity index (χ0v) is 17.1. The van der Waals surface area contributed by atoms with E-state index in [0.717, 1.165) is 12.8 Å². The van der Waals surface area contributed by atoms with Crippen molar-refractivity contribution < 1.29 is 19.5 Å². The summed E-state index contributed by atoms with van der Waals surface area (Å²) in [5, 5.41) is 24.1. The molecule has 0 fully saturated rings. The number of aliphatic carboxylic acids is 1. The number of carbonyl (C=O) groups is 1. The van der Waals surface area contributed by atoms with Crippen molar-refractivity contribution in [1.82, 2.24) is 5.32 Å². The lowest BCUT2D eigenvalue weighted by molar-refractivity contribution is -0.920. The van der Waals surface area contributed by atoms with Gasteiger partial charge in [0.05, 0.1) is 27.7 Å². The Balaban J connectivity index is 3.88. The van der Waals surface area contributed by atoms with Gasteiger partial charge in [0.2, 0.25) is 0 Å². The van der Waals surface area contributed by atoms with E-state index in [-0.39, 0.29) is 17.5 Å². The molecule has 0 aliphatic carbocycles. The highest BCUT2D eigenvalue weighted by Gasteiger charge is 2.43. The van der Waals surface area contributed by atoms with Gasteiger partial charge in [0.25, 0.3) is 0 Å². The van der Waals surface area contributed by atoms with Crippen molar-refractivity contribution >= 4 is 5.97 Å². The molecule has 150 valence electrons. The standard InChI is InChI=1S/C20H42N2O3/c1-5-6-7-8-9-10-11-12-13-14-15-17-21-20(16-18-23,19(24)25)22(2,3)4/h21,23H,5-18H2,1-4H3. The smallest absolute Gasteiger partial charge is 0.195 e. The maximum Gasteiger partial charge on any atom is 0.195 e. The Morgan fingerprint density at radius 3 is 1.72 bits per heavy atom. The lowest BCUT2D eigenvalue weighted by Crippen LogP contribution is -2.73. The SMILES string of the molecule is CCCCCCCCCCCCCNC(CCO)(C(=O)[O-])[N+](C)(C)C. The molecule has 0 aliphatic heterocycles. The molecule has 0 spiro atoms. The van der Waals surface area contributed by atoms with E-state index in [4.69, 9.17) is 0 Å². The molecule has 5 nitrogen and oxygen atoms in total. The summed E-state index contributed by atoms with van der Waals surface area (Å²) in [7, 11) is 5.46. The number of hydrogen-bond acceptors (Lipinski definition) is 4. The number of carboxylic acid groups (broad SMARTS) is 1. The molecule has 2 N–H and O–H groups in total. The maximum atomic E-state index is 11.7. The van der Waals surface area contributed by atoms with E-state index in [0.29, 0.717) is 6.54 Å². The second kappa shape index (κ2) is 13.5. The second-order valence-corrected chi connectivity index (χ2v) is 8.10. The summed E-state index contributed by atoms with van der Waals surface area (Å²) in [5.74, 6) is -1.14. The summed E-state index contributed by atoms with van der Waals surface area (Å²) in [6.45, 7) is 2.71. The van der Waals surface area contributed by atoms with Gasteiger partial charge in [0, 0.05) is 13.0 Å². The summed E-state index contributed by atoms with van der Waals surface area (Å²) >= 11 is 0. The van der Waals surface area contributed by atoms with E-state index in [9.17, 15) is 15.0 Å². The van der Waals surface area contributed by atoms with Crippen molar-refractivity contribution in [2.45, 2.75) is 89.6 Å². The van der Waals surface area contributed by atoms with Gasteiger partial charge >= 0.3 is 0 Å². The summed E-state index contributed by atoms with van der Waals surface area (Å²) in [6, 6.07) is 0. The minimum absolute atomic E-state index is 0.150. The van der Waals surface area contributed by atoms with Crippen molar-refractivity contribution in [1.29, 1.82) is 0 Å². The normalized spacial score (nSPS) is 14.4. The fraction of sp³-hybridized carbons (Fsp3) is 0.950. The van der Waals surface area contributed by atoms with Crippen LogP contribution in [0.15, 0.2) is 0 Å². The van der Waals surface area contributed by atoms with E-state index < -0.39 is 11.6 Å². The summed E-state index contributed by atoms with van der Waals surface area (Å²) < 4.78 is 0.188. The van der Waals surface area contributed by atoms with Crippen LogP contribution in [0.25, 0.3) is 0 Å². The molecule has 0 radical (unpaired) electrons. The molecule has 1 unspecified atom stereocenters. The molecule has 0 aromatic rings. The fourth-order valence-electron chi connectivity index (χ4n) is 3.36. The average molecular weight is 359 g/mol. The molecule has 0 bridgehead atoms. The van der Waals surface area contributed by atoms with E-state index in [2.05, 4.69) is 12.2 Å². The molecular formula is C20H42N2O3. The molecule has 0 aromatic heterocycles. The molecule has 0 aromatic carbocycles. The lowest BCUT2D eigenvalue weighted by atomic mass is 10.0. The Bertz CT molecular complexity index is 342. The highest BCUT2D eigenvalue weighted by molar-refractivity contribution is 5.74. The van der Waals surface area contributed by atoms with Crippen molar-refractivity contribution in [3.63, 3.8) is 0 Å². The van der Waals surface area contributed by atoms with Crippen LogP contribution in [0.5, 0.6) is 0 Å². The average Bonchev–Trinajstić information content (AvgIpc) is 2.53. The molecule has 0 rings (SSSR count). The number of aliphatic hydroxyl groups excluding tert-OH is 1. The lowest BCUT2D eigenvalue weighted by Gasteiger charge is -2.47. The van der Waals surface area contributed by atoms with Crippen LogP contribution in [0.2, 0.25) is 0 Å². The first-order valence-electron chi connectivity index (χ1n) is 10.2. The van der Waals surface area contributed by atoms with Gasteiger partial charge in [-0.1, -0.05) is 71.1 Å². The van der Waals surface area contributed by atoms with Gasteiger partial charge in [0.1, 0.15) is 5.97 Å². The summed E-state index contributed by atoms with van der Waals surface area (Å²) in [5.41, 5.74) is -1.23. The Hall–Kier alpha value is -0.650. The van der Waals surface area contributed by atoms with Crippen LogP contribution >= 0.6 is 0 Å². The van der Waals surface area contributed by atoms with Crippen LogP contribution in [0, 0.1) is 0 Å². The van der Waals surface area contributed by atoms with Crippen molar-refractivity contribution in [2.75, 3.05) is 34.3 Å². The monoisotopic (exact) mass is 358 g/mol. The summed E-state index contributed by atoms with van der Waals surface area (Å²) in [4.78, 5) is 11.7. The van der Waals surface area contributed by atoms with Crippen LogP contribution < -0.4 is 10.4 Å². The zero-order chi connectivity index (χ0) is 19.2. The first-order chi connectivity index (χ1) is 11.8. The Morgan fingerprint density at radius 1 is 0.920 bits per heavy atom. The van der Waals surface area contributed by atoms with E-state index in [1.54, 1.807) is 0 Å². The van der Waals surface area contributed by atoms with E-state index in [1.165, 1.54) is 57.8 Å². The number of aliphatic hydroxyl groups is 1. The molecule has 0 amide bonds. The third kappa shape index (κ3) is 9.57. The Kier molecular flexibility index (Phi) is 13.2. The minimum atomic E-state index is -1.23. The van der Waals surface area contributed by atoms with Gasteiger partial charge in [-0.25, -0.2) is 0 Å². The van der Waals surface area contributed by atoms with Crippen LogP contribution in [-0.4, -0.2) is 55.5 Å². The predicted molar refractivity (Wildman–Crippen MR) is 102 cm³/mol.